The van der Waals surface area contributed by atoms with Crippen LogP contribution >= 0.6 is 11.8 Å². The molecule has 0 aromatic heterocycles. The fourth-order valence-electron chi connectivity index (χ4n) is 2.95. The molecule has 1 heterocycles. The molecule has 162 valence electrons. The van der Waals surface area contributed by atoms with E-state index in [1.165, 1.54) is 0 Å². The molecule has 0 aliphatic carbocycles. The molecule has 1 saturated heterocycles. The zero-order chi connectivity index (χ0) is 22.5. The Kier molecular flexibility index (Phi) is 7.17. The van der Waals surface area contributed by atoms with E-state index in [1.807, 2.05) is 63.2 Å². The maximum Gasteiger partial charge on any atom is 0.294 e. The number of carbonyl (C=O) groups is 3. The minimum Gasteiger partial charge on any atom is -0.491 e. The van der Waals surface area contributed by atoms with Crippen molar-refractivity contribution in [2.75, 3.05) is 11.9 Å². The lowest BCUT2D eigenvalue weighted by atomic mass is 10.1. The van der Waals surface area contributed by atoms with Crippen LogP contribution in [0.25, 0.3) is 6.08 Å². The maximum absolute atomic E-state index is 12.7. The number of anilines is 1. The van der Waals surface area contributed by atoms with Crippen molar-refractivity contribution in [1.82, 2.24) is 4.90 Å². The number of amides is 3. The first-order valence-electron chi connectivity index (χ1n) is 10.2. The summed E-state index contributed by atoms with van der Waals surface area (Å²) in [6.45, 7) is 7.55. The van der Waals surface area contributed by atoms with Crippen LogP contribution in [0.3, 0.4) is 0 Å². The molecule has 0 spiro atoms. The second kappa shape index (κ2) is 9.83. The van der Waals surface area contributed by atoms with Crippen molar-refractivity contribution in [1.29, 1.82) is 0 Å². The lowest BCUT2D eigenvalue weighted by molar-refractivity contribution is -0.127. The van der Waals surface area contributed by atoms with Gasteiger partial charge in [0.2, 0.25) is 5.91 Å². The Balaban J connectivity index is 1.66. The number of hydrogen-bond donors (Lipinski definition) is 1. The fourth-order valence-corrected chi connectivity index (χ4v) is 3.79. The van der Waals surface area contributed by atoms with E-state index in [9.17, 15) is 14.4 Å². The molecule has 1 fully saturated rings. The Morgan fingerprint density at radius 2 is 1.87 bits per heavy atom. The first kappa shape index (κ1) is 22.6. The predicted molar refractivity (Wildman–Crippen MR) is 124 cm³/mol. The van der Waals surface area contributed by atoms with Gasteiger partial charge in [-0.1, -0.05) is 31.2 Å². The highest BCUT2D eigenvalue weighted by molar-refractivity contribution is 8.18. The molecular weight excluding hydrogens is 412 g/mol. The van der Waals surface area contributed by atoms with Gasteiger partial charge in [0.1, 0.15) is 12.3 Å². The van der Waals surface area contributed by atoms with Crippen molar-refractivity contribution < 1.29 is 19.1 Å². The highest BCUT2D eigenvalue weighted by atomic mass is 32.2. The molecule has 0 unspecified atom stereocenters. The van der Waals surface area contributed by atoms with E-state index >= 15 is 0 Å². The van der Waals surface area contributed by atoms with Crippen LogP contribution in [-0.4, -0.2) is 34.6 Å². The van der Waals surface area contributed by atoms with Gasteiger partial charge in [-0.2, -0.15) is 0 Å². The average Bonchev–Trinajstić information content (AvgIpc) is 2.99. The number of benzene rings is 2. The zero-order valence-electron chi connectivity index (χ0n) is 18.1. The summed E-state index contributed by atoms with van der Waals surface area (Å²) in [5, 5.41) is 2.33. The van der Waals surface area contributed by atoms with Gasteiger partial charge in [-0.3, -0.25) is 19.3 Å². The number of aryl methyl sites for hydroxylation is 2. The quantitative estimate of drug-likeness (QED) is 0.605. The lowest BCUT2D eigenvalue weighted by Crippen LogP contribution is -2.36. The van der Waals surface area contributed by atoms with Crippen molar-refractivity contribution in [3.63, 3.8) is 0 Å². The normalized spacial score (nSPS) is 16.0. The average molecular weight is 439 g/mol. The molecule has 1 aliphatic rings. The zero-order valence-corrected chi connectivity index (χ0v) is 18.9. The molecule has 6 nitrogen and oxygen atoms in total. The van der Waals surface area contributed by atoms with Crippen LogP contribution < -0.4 is 10.1 Å². The summed E-state index contributed by atoms with van der Waals surface area (Å²) in [4.78, 5) is 38.7. The van der Waals surface area contributed by atoms with Crippen LogP contribution in [0, 0.1) is 13.8 Å². The number of nitrogens with one attached hydrogen (secondary N) is 1. The van der Waals surface area contributed by atoms with Gasteiger partial charge in [-0.05, 0) is 79.9 Å². The summed E-state index contributed by atoms with van der Waals surface area (Å²) in [6.07, 6.45) is 2.68. The first-order chi connectivity index (χ1) is 14.8. The van der Waals surface area contributed by atoms with E-state index in [0.29, 0.717) is 10.6 Å². The summed E-state index contributed by atoms with van der Waals surface area (Å²) >= 11 is 0.836. The second-order valence-corrected chi connectivity index (χ2v) is 8.53. The van der Waals surface area contributed by atoms with Gasteiger partial charge in [0.25, 0.3) is 11.1 Å². The van der Waals surface area contributed by atoms with Crippen LogP contribution in [0.1, 0.15) is 37.0 Å². The van der Waals surface area contributed by atoms with Crippen LogP contribution in [0.15, 0.2) is 47.4 Å². The Morgan fingerprint density at radius 1 is 1.16 bits per heavy atom. The maximum atomic E-state index is 12.7. The number of rotatable bonds is 7. The summed E-state index contributed by atoms with van der Waals surface area (Å²) in [5.74, 6) is -0.127. The largest absolute Gasteiger partial charge is 0.491 e. The molecule has 7 heteroatoms. The first-order valence-corrected chi connectivity index (χ1v) is 11.0. The third-order valence-corrected chi connectivity index (χ3v) is 5.84. The van der Waals surface area contributed by atoms with Crippen molar-refractivity contribution in [2.45, 2.75) is 40.2 Å². The molecule has 0 saturated carbocycles. The molecule has 1 atom stereocenters. The monoisotopic (exact) mass is 438 g/mol. The summed E-state index contributed by atoms with van der Waals surface area (Å²) < 4.78 is 5.75. The smallest absolute Gasteiger partial charge is 0.294 e. The molecule has 1 N–H and O–H groups in total. The van der Waals surface area contributed by atoms with Gasteiger partial charge in [0.15, 0.2) is 0 Å². The van der Waals surface area contributed by atoms with Crippen LogP contribution in [-0.2, 0) is 9.59 Å². The summed E-state index contributed by atoms with van der Waals surface area (Å²) in [5.41, 5.74) is 3.37. The van der Waals surface area contributed by atoms with Crippen molar-refractivity contribution >= 4 is 40.6 Å². The van der Waals surface area contributed by atoms with Crippen molar-refractivity contribution in [3.05, 3.63) is 64.1 Å². The Morgan fingerprint density at radius 3 is 2.55 bits per heavy atom. The summed E-state index contributed by atoms with van der Waals surface area (Å²) in [6, 6.07) is 13.1. The number of carbonyl (C=O) groups excluding carboxylic acids is 3. The molecule has 1 aliphatic heterocycles. The van der Waals surface area contributed by atoms with E-state index in [2.05, 4.69) is 12.2 Å². The van der Waals surface area contributed by atoms with Gasteiger partial charge >= 0.3 is 0 Å². The van der Waals surface area contributed by atoms with E-state index in [0.717, 1.165) is 45.5 Å². The third kappa shape index (κ3) is 5.76. The molecular formula is C24H26N2O4S. The van der Waals surface area contributed by atoms with E-state index in [1.54, 1.807) is 6.08 Å². The third-order valence-electron chi connectivity index (χ3n) is 4.93. The number of thioether (sulfide) groups is 1. The highest BCUT2D eigenvalue weighted by Crippen LogP contribution is 2.32. The Labute approximate surface area is 186 Å². The van der Waals surface area contributed by atoms with Gasteiger partial charge < -0.3 is 10.1 Å². The highest BCUT2D eigenvalue weighted by Gasteiger charge is 2.36. The Bertz CT molecular complexity index is 1030. The van der Waals surface area contributed by atoms with Crippen molar-refractivity contribution in [3.8, 4) is 5.75 Å². The molecule has 3 rings (SSSR count). The summed E-state index contributed by atoms with van der Waals surface area (Å²) in [7, 11) is 0. The minimum absolute atomic E-state index is 0.122. The Hall–Kier alpha value is -3.06. The molecule has 0 bridgehead atoms. The van der Waals surface area contributed by atoms with Crippen molar-refractivity contribution in [2.24, 2.45) is 0 Å². The minimum atomic E-state index is -0.467. The van der Waals surface area contributed by atoms with Gasteiger partial charge in [-0.25, -0.2) is 0 Å². The van der Waals surface area contributed by atoms with Crippen LogP contribution in [0.2, 0.25) is 0 Å². The SMILES string of the molecule is CC[C@H](C)Oc1ccc(/C=C2\SC(=O)N(CC(=O)Nc3cc(C)ccc3C)C2=O)cc1. The predicted octanol–water partition coefficient (Wildman–Crippen LogP) is 5.16. The van der Waals surface area contributed by atoms with Gasteiger partial charge in [-0.15, -0.1) is 0 Å². The van der Waals surface area contributed by atoms with E-state index in [-0.39, 0.29) is 12.6 Å². The van der Waals surface area contributed by atoms with Gasteiger partial charge in [0.05, 0.1) is 11.0 Å². The number of ether oxygens (including phenoxy) is 1. The fraction of sp³-hybridized carbons (Fsp3) is 0.292. The molecule has 2 aromatic rings. The molecule has 31 heavy (non-hydrogen) atoms. The molecule has 2 aromatic carbocycles. The van der Waals surface area contributed by atoms with Crippen LogP contribution in [0.5, 0.6) is 5.75 Å². The molecule has 0 radical (unpaired) electrons. The van der Waals surface area contributed by atoms with E-state index in [4.69, 9.17) is 4.74 Å². The number of hydrogen-bond acceptors (Lipinski definition) is 5. The topological polar surface area (TPSA) is 75.7 Å². The number of nitrogens with zero attached hydrogens (tertiary/aromatic N) is 1. The lowest BCUT2D eigenvalue weighted by Gasteiger charge is -2.14. The van der Waals surface area contributed by atoms with Crippen LogP contribution in [0.4, 0.5) is 10.5 Å². The second-order valence-electron chi connectivity index (χ2n) is 7.54. The number of imide groups is 1. The van der Waals surface area contributed by atoms with E-state index < -0.39 is 17.1 Å². The van der Waals surface area contributed by atoms with Gasteiger partial charge in [0, 0.05) is 5.69 Å². The molecule has 3 amide bonds. The standard InChI is InChI=1S/C24H26N2O4S/c1-5-17(4)30-19-10-8-18(9-11-19)13-21-23(28)26(24(29)31-21)14-22(27)25-20-12-15(2)6-7-16(20)3/h6-13,17H,5,14H2,1-4H3,(H,25,27)/b21-13-/t17-/m0/s1.